The summed E-state index contributed by atoms with van der Waals surface area (Å²) in [5.41, 5.74) is 1.78. The summed E-state index contributed by atoms with van der Waals surface area (Å²) in [6.45, 7) is 7.60. The Labute approximate surface area is 133 Å². The van der Waals surface area contributed by atoms with Crippen LogP contribution in [0.3, 0.4) is 0 Å². The highest BCUT2D eigenvalue weighted by Crippen LogP contribution is 2.52. The Bertz CT molecular complexity index is 502. The van der Waals surface area contributed by atoms with Gasteiger partial charge in [-0.2, -0.15) is 0 Å². The van der Waals surface area contributed by atoms with Crippen LogP contribution in [0.5, 0.6) is 0 Å². The van der Waals surface area contributed by atoms with Gasteiger partial charge < -0.3 is 10.1 Å². The van der Waals surface area contributed by atoms with Crippen LogP contribution < -0.4 is 5.32 Å². The van der Waals surface area contributed by atoms with E-state index in [4.69, 9.17) is 16.3 Å². The summed E-state index contributed by atoms with van der Waals surface area (Å²) in [5, 5.41) is 4.43. The van der Waals surface area contributed by atoms with Crippen molar-refractivity contribution in [3.8, 4) is 0 Å². The molecule has 0 aromatic heterocycles. The van der Waals surface area contributed by atoms with Crippen LogP contribution in [-0.2, 0) is 4.74 Å². The number of piperidine rings is 1. The lowest BCUT2D eigenvalue weighted by atomic mass is 9.60. The molecule has 116 valence electrons. The molecule has 2 aliphatic rings. The smallest absolute Gasteiger partial charge is 0.0657 e. The van der Waals surface area contributed by atoms with Crippen molar-refractivity contribution in [2.24, 2.45) is 5.41 Å². The fraction of sp³-hybridized carbons (Fsp3) is 0.667. The highest BCUT2D eigenvalue weighted by Gasteiger charge is 2.48. The quantitative estimate of drug-likeness (QED) is 0.875. The fourth-order valence-corrected chi connectivity index (χ4v) is 4.49. The van der Waals surface area contributed by atoms with E-state index in [2.05, 4.69) is 37.4 Å². The zero-order valence-corrected chi connectivity index (χ0v) is 13.9. The van der Waals surface area contributed by atoms with Gasteiger partial charge in [0, 0.05) is 24.1 Å². The van der Waals surface area contributed by atoms with Crippen molar-refractivity contribution in [1.82, 2.24) is 5.32 Å². The van der Waals surface area contributed by atoms with Gasteiger partial charge in [-0.3, -0.25) is 0 Å². The zero-order valence-electron chi connectivity index (χ0n) is 13.1. The maximum Gasteiger partial charge on any atom is 0.0657 e. The average Bonchev–Trinajstić information content (AvgIpc) is 2.48. The third kappa shape index (κ3) is 2.99. The largest absolute Gasteiger partial charge is 0.375 e. The molecule has 3 heteroatoms. The number of rotatable bonds is 2. The molecular formula is C18H26ClNO. The van der Waals surface area contributed by atoms with E-state index in [9.17, 15) is 0 Å². The number of hydrogen-bond donors (Lipinski definition) is 1. The minimum absolute atomic E-state index is 0.0341. The lowest BCUT2D eigenvalue weighted by molar-refractivity contribution is -0.130. The Balaban J connectivity index is 1.94. The molecule has 1 aromatic rings. The van der Waals surface area contributed by atoms with Crippen molar-refractivity contribution in [3.63, 3.8) is 0 Å². The monoisotopic (exact) mass is 307 g/mol. The van der Waals surface area contributed by atoms with E-state index in [1.54, 1.807) is 0 Å². The molecule has 0 saturated carbocycles. The van der Waals surface area contributed by atoms with Crippen LogP contribution in [0, 0.1) is 5.41 Å². The van der Waals surface area contributed by atoms with E-state index in [1.807, 2.05) is 6.07 Å². The van der Waals surface area contributed by atoms with Crippen LogP contribution >= 0.6 is 11.6 Å². The SMILES string of the molecule is CCC1(C)CC2(CCNCC2c2cccc(Cl)c2)CCO1. The van der Waals surface area contributed by atoms with Gasteiger partial charge in [0.15, 0.2) is 0 Å². The minimum Gasteiger partial charge on any atom is -0.375 e. The lowest BCUT2D eigenvalue weighted by Gasteiger charge is -2.52. The Morgan fingerprint density at radius 2 is 2.24 bits per heavy atom. The molecule has 0 aliphatic carbocycles. The van der Waals surface area contributed by atoms with Crippen molar-refractivity contribution in [3.05, 3.63) is 34.9 Å². The molecule has 2 aliphatic heterocycles. The van der Waals surface area contributed by atoms with Crippen molar-refractivity contribution >= 4 is 11.6 Å². The fourth-order valence-electron chi connectivity index (χ4n) is 4.29. The molecule has 1 N–H and O–H groups in total. The molecule has 21 heavy (non-hydrogen) atoms. The van der Waals surface area contributed by atoms with Gasteiger partial charge in [-0.25, -0.2) is 0 Å². The van der Waals surface area contributed by atoms with E-state index in [0.717, 1.165) is 37.6 Å². The van der Waals surface area contributed by atoms with Gasteiger partial charge in [0.25, 0.3) is 0 Å². The molecule has 0 bridgehead atoms. The molecule has 3 unspecified atom stereocenters. The number of hydrogen-bond acceptors (Lipinski definition) is 2. The second-order valence-corrected chi connectivity index (χ2v) is 7.44. The van der Waals surface area contributed by atoms with Gasteiger partial charge in [-0.1, -0.05) is 30.7 Å². The van der Waals surface area contributed by atoms with Crippen LogP contribution in [0.25, 0.3) is 0 Å². The molecular weight excluding hydrogens is 282 g/mol. The molecule has 2 saturated heterocycles. The third-order valence-corrected chi connectivity index (χ3v) is 5.90. The molecule has 2 nitrogen and oxygen atoms in total. The lowest BCUT2D eigenvalue weighted by Crippen LogP contribution is -2.51. The van der Waals surface area contributed by atoms with Gasteiger partial charge in [-0.15, -0.1) is 0 Å². The second kappa shape index (κ2) is 5.91. The molecule has 1 spiro atoms. The molecule has 2 heterocycles. The maximum absolute atomic E-state index is 6.23. The first-order valence-corrected chi connectivity index (χ1v) is 8.55. The third-order valence-electron chi connectivity index (χ3n) is 5.66. The second-order valence-electron chi connectivity index (χ2n) is 7.00. The van der Waals surface area contributed by atoms with Gasteiger partial charge in [-0.05, 0) is 62.3 Å². The van der Waals surface area contributed by atoms with Crippen molar-refractivity contribution in [2.75, 3.05) is 19.7 Å². The van der Waals surface area contributed by atoms with E-state index in [0.29, 0.717) is 11.3 Å². The average molecular weight is 308 g/mol. The highest BCUT2D eigenvalue weighted by molar-refractivity contribution is 6.30. The minimum atomic E-state index is 0.0341. The summed E-state index contributed by atoms with van der Waals surface area (Å²) in [7, 11) is 0. The highest BCUT2D eigenvalue weighted by atomic mass is 35.5. The van der Waals surface area contributed by atoms with Crippen molar-refractivity contribution in [1.29, 1.82) is 0 Å². The van der Waals surface area contributed by atoms with Gasteiger partial charge in [0.2, 0.25) is 0 Å². The topological polar surface area (TPSA) is 21.3 Å². The molecule has 1 aromatic carbocycles. The van der Waals surface area contributed by atoms with Crippen LogP contribution in [0.15, 0.2) is 24.3 Å². The van der Waals surface area contributed by atoms with Crippen LogP contribution in [0.4, 0.5) is 0 Å². The number of halogens is 1. The van der Waals surface area contributed by atoms with Crippen LogP contribution in [0.1, 0.15) is 51.0 Å². The Hall–Kier alpha value is -0.570. The predicted molar refractivity (Wildman–Crippen MR) is 88.0 cm³/mol. The van der Waals surface area contributed by atoms with E-state index in [-0.39, 0.29) is 5.60 Å². The summed E-state index contributed by atoms with van der Waals surface area (Å²) in [6, 6.07) is 8.44. The Morgan fingerprint density at radius 3 is 3.00 bits per heavy atom. The van der Waals surface area contributed by atoms with Crippen molar-refractivity contribution in [2.45, 2.75) is 51.0 Å². The number of benzene rings is 1. The van der Waals surface area contributed by atoms with E-state index >= 15 is 0 Å². The Kier molecular flexibility index (Phi) is 4.31. The zero-order chi connectivity index (χ0) is 14.9. The summed E-state index contributed by atoms with van der Waals surface area (Å²) in [6.07, 6.45) is 4.66. The normalized spacial score (nSPS) is 36.8. The van der Waals surface area contributed by atoms with Gasteiger partial charge in [0.05, 0.1) is 5.60 Å². The maximum atomic E-state index is 6.23. The molecule has 0 amide bonds. The standard InChI is InChI=1S/C18H26ClNO/c1-3-17(2)13-18(8-10-21-17)7-9-20-12-16(18)14-5-4-6-15(19)11-14/h4-6,11,16,20H,3,7-10,12-13H2,1-2H3. The van der Waals surface area contributed by atoms with Crippen LogP contribution in [0.2, 0.25) is 5.02 Å². The summed E-state index contributed by atoms with van der Waals surface area (Å²) in [4.78, 5) is 0. The van der Waals surface area contributed by atoms with Gasteiger partial charge >= 0.3 is 0 Å². The first kappa shape index (κ1) is 15.3. The first-order chi connectivity index (χ1) is 10.1. The summed E-state index contributed by atoms with van der Waals surface area (Å²) in [5.74, 6) is 0.541. The molecule has 3 rings (SSSR count). The molecule has 3 atom stereocenters. The van der Waals surface area contributed by atoms with Crippen LogP contribution in [-0.4, -0.2) is 25.3 Å². The van der Waals surface area contributed by atoms with Gasteiger partial charge in [0.1, 0.15) is 0 Å². The number of ether oxygens (including phenoxy) is 1. The Morgan fingerprint density at radius 1 is 1.38 bits per heavy atom. The van der Waals surface area contributed by atoms with E-state index in [1.165, 1.54) is 18.4 Å². The summed E-state index contributed by atoms with van der Waals surface area (Å²) >= 11 is 6.23. The first-order valence-electron chi connectivity index (χ1n) is 8.17. The predicted octanol–water partition coefficient (Wildman–Crippen LogP) is 4.38. The van der Waals surface area contributed by atoms with Crippen molar-refractivity contribution < 1.29 is 4.74 Å². The molecule has 2 fully saturated rings. The summed E-state index contributed by atoms with van der Waals surface area (Å²) < 4.78 is 6.10. The van der Waals surface area contributed by atoms with E-state index < -0.39 is 0 Å². The number of nitrogens with one attached hydrogen (secondary N) is 1. The molecule has 0 radical (unpaired) electrons.